The average molecular weight is 464 g/mol. The molecule has 2 atom stereocenters. The van der Waals surface area contributed by atoms with Crippen molar-refractivity contribution >= 4 is 32.0 Å². The number of rotatable bonds is 7. The molecule has 0 aliphatic heterocycles. The van der Waals surface area contributed by atoms with Crippen molar-refractivity contribution < 1.29 is 9.13 Å². The minimum Gasteiger partial charge on any atom is -0.482 e. The first-order valence-electron chi connectivity index (χ1n) is 9.85. The molecular weight excluding hydrogens is 436 g/mol. The molecule has 0 fully saturated rings. The third kappa shape index (κ3) is 5.17. The van der Waals surface area contributed by atoms with Gasteiger partial charge in [-0.1, -0.05) is 17.7 Å². The molecule has 2 heterocycles. The highest BCUT2D eigenvalue weighted by atomic mass is 35.5. The fourth-order valence-electron chi connectivity index (χ4n) is 3.60. The van der Waals surface area contributed by atoms with Crippen molar-refractivity contribution in [2.75, 3.05) is 26.4 Å². The molecule has 2 N–H and O–H groups in total. The molecule has 0 saturated heterocycles. The number of aromatic nitrogens is 3. The molecule has 0 aliphatic carbocycles. The van der Waals surface area contributed by atoms with Crippen LogP contribution in [-0.2, 0) is 5.54 Å². The maximum Gasteiger partial charge on any atom is 0.166 e. The lowest BCUT2D eigenvalue weighted by Gasteiger charge is -2.28. The molecule has 9 heteroatoms. The molecule has 166 valence electrons. The zero-order chi connectivity index (χ0) is 22.9. The fraction of sp³-hybridized carbons (Fsp3) is 0.364. The van der Waals surface area contributed by atoms with E-state index in [-0.39, 0.29) is 16.4 Å². The summed E-state index contributed by atoms with van der Waals surface area (Å²) >= 11 is 6.18. The highest BCUT2D eigenvalue weighted by Gasteiger charge is 2.23. The largest absolute Gasteiger partial charge is 0.482 e. The molecule has 0 aliphatic rings. The van der Waals surface area contributed by atoms with E-state index in [1.165, 1.54) is 6.07 Å². The molecule has 3 rings (SSSR count). The van der Waals surface area contributed by atoms with Gasteiger partial charge in [-0.15, -0.1) is 9.24 Å². The second-order valence-electron chi connectivity index (χ2n) is 8.46. The van der Waals surface area contributed by atoms with Crippen molar-refractivity contribution in [2.45, 2.75) is 32.4 Å². The number of hydrogen-bond donors (Lipinski definition) is 1. The van der Waals surface area contributed by atoms with Crippen LogP contribution in [0.2, 0.25) is 5.02 Å². The van der Waals surface area contributed by atoms with Gasteiger partial charge in [-0.2, -0.15) is 5.10 Å². The molecule has 6 nitrogen and oxygen atoms in total. The highest BCUT2D eigenvalue weighted by Crippen LogP contribution is 2.33. The highest BCUT2D eigenvalue weighted by molar-refractivity contribution is 7.27. The van der Waals surface area contributed by atoms with Crippen molar-refractivity contribution in [3.63, 3.8) is 0 Å². The van der Waals surface area contributed by atoms with Crippen molar-refractivity contribution in [1.82, 2.24) is 19.7 Å². The van der Waals surface area contributed by atoms with Crippen molar-refractivity contribution in [3.05, 3.63) is 53.2 Å². The SMILES string of the molecule is CC(Oc1cc(-c2cnn(C(C)(C)CN(C)C)c2)cnc1N)c1c(P)ccc(F)c1Cl. The molecule has 0 amide bonds. The number of benzene rings is 1. The Bertz CT molecular complexity index is 1090. The normalized spacial score (nSPS) is 12.9. The molecule has 0 spiro atoms. The van der Waals surface area contributed by atoms with Crippen molar-refractivity contribution in [3.8, 4) is 16.9 Å². The van der Waals surface area contributed by atoms with Crippen LogP contribution in [-0.4, -0.2) is 40.3 Å². The van der Waals surface area contributed by atoms with E-state index < -0.39 is 11.9 Å². The lowest BCUT2D eigenvalue weighted by Crippen LogP contribution is -2.37. The Labute approximate surface area is 189 Å². The van der Waals surface area contributed by atoms with Crippen LogP contribution in [0.1, 0.15) is 32.4 Å². The van der Waals surface area contributed by atoms with Crippen LogP contribution in [0, 0.1) is 5.82 Å². The molecule has 2 unspecified atom stereocenters. The topological polar surface area (TPSA) is 69.2 Å². The summed E-state index contributed by atoms with van der Waals surface area (Å²) in [6, 6.07) is 4.78. The van der Waals surface area contributed by atoms with Gasteiger partial charge in [0.15, 0.2) is 11.6 Å². The number of likely N-dealkylation sites (N-methyl/N-ethyl adjacent to an activating group) is 1. The molecule has 2 aromatic heterocycles. The molecule has 31 heavy (non-hydrogen) atoms. The van der Waals surface area contributed by atoms with Crippen molar-refractivity contribution in [1.29, 1.82) is 0 Å². The Morgan fingerprint density at radius 1 is 1.29 bits per heavy atom. The second-order valence-corrected chi connectivity index (χ2v) is 9.46. The standard InChI is InChI=1S/C22H28ClFN5OP/c1-13(19-18(31)7-6-16(24)20(19)23)30-17-8-14(9-26-21(17)25)15-10-27-29(11-15)22(2,3)12-28(4)5/h6-11,13H,12,31H2,1-5H3,(H2,25,26). The van der Waals surface area contributed by atoms with Gasteiger partial charge in [0.2, 0.25) is 0 Å². The van der Waals surface area contributed by atoms with Crippen molar-refractivity contribution in [2.24, 2.45) is 0 Å². The van der Waals surface area contributed by atoms with Gasteiger partial charge in [-0.05, 0) is 52.3 Å². The van der Waals surface area contributed by atoms with E-state index in [0.717, 1.165) is 23.0 Å². The first-order valence-corrected chi connectivity index (χ1v) is 10.8. The van der Waals surface area contributed by atoms with Gasteiger partial charge in [-0.3, -0.25) is 4.68 Å². The number of ether oxygens (including phenoxy) is 1. The van der Waals surface area contributed by atoms with E-state index in [2.05, 4.69) is 38.1 Å². The van der Waals surface area contributed by atoms with Crippen LogP contribution in [0.15, 0.2) is 36.8 Å². The van der Waals surface area contributed by atoms with Crippen LogP contribution in [0.3, 0.4) is 0 Å². The van der Waals surface area contributed by atoms with Crippen LogP contribution in [0.5, 0.6) is 5.75 Å². The Morgan fingerprint density at radius 2 is 2.00 bits per heavy atom. The van der Waals surface area contributed by atoms with Crippen LogP contribution in [0.25, 0.3) is 11.1 Å². The Balaban J connectivity index is 1.89. The Kier molecular flexibility index (Phi) is 6.89. The average Bonchev–Trinajstić information content (AvgIpc) is 3.17. The number of anilines is 1. The van der Waals surface area contributed by atoms with E-state index in [4.69, 9.17) is 22.1 Å². The predicted molar refractivity (Wildman–Crippen MR) is 128 cm³/mol. The van der Waals surface area contributed by atoms with E-state index in [1.54, 1.807) is 25.4 Å². The van der Waals surface area contributed by atoms with E-state index in [1.807, 2.05) is 31.0 Å². The smallest absolute Gasteiger partial charge is 0.166 e. The first kappa shape index (κ1) is 23.5. The summed E-state index contributed by atoms with van der Waals surface area (Å²) < 4.78 is 21.9. The quantitative estimate of drug-likeness (QED) is 0.530. The third-order valence-corrected chi connectivity index (χ3v) is 5.89. The molecule has 0 radical (unpaired) electrons. The number of nitrogens with two attached hydrogens (primary N) is 1. The minimum absolute atomic E-state index is 0.0343. The van der Waals surface area contributed by atoms with Gasteiger partial charge >= 0.3 is 0 Å². The summed E-state index contributed by atoms with van der Waals surface area (Å²) in [7, 11) is 6.62. The van der Waals surface area contributed by atoms with Crippen LogP contribution >= 0.6 is 20.8 Å². The summed E-state index contributed by atoms with van der Waals surface area (Å²) in [5, 5.41) is 5.33. The Morgan fingerprint density at radius 3 is 2.68 bits per heavy atom. The molecule has 0 bridgehead atoms. The van der Waals surface area contributed by atoms with Crippen LogP contribution in [0.4, 0.5) is 10.2 Å². The third-order valence-electron chi connectivity index (χ3n) is 5.00. The zero-order valence-electron chi connectivity index (χ0n) is 18.4. The molecule has 3 aromatic rings. The Hall–Kier alpha value is -2.21. The molecular formula is C22H28ClFN5OP. The summed E-state index contributed by atoms with van der Waals surface area (Å²) in [5.74, 6) is 0.148. The van der Waals surface area contributed by atoms with Gasteiger partial charge in [0, 0.05) is 35.6 Å². The van der Waals surface area contributed by atoms with E-state index in [0.29, 0.717) is 11.3 Å². The van der Waals surface area contributed by atoms with E-state index >= 15 is 0 Å². The number of nitrogens with zero attached hydrogens (tertiary/aromatic N) is 4. The summed E-state index contributed by atoms with van der Waals surface area (Å²) in [4.78, 5) is 6.40. The fourth-order valence-corrected chi connectivity index (χ4v) is 4.49. The minimum atomic E-state index is -0.531. The first-order chi connectivity index (χ1) is 14.5. The molecule has 1 aromatic carbocycles. The van der Waals surface area contributed by atoms with Gasteiger partial charge in [0.05, 0.1) is 16.8 Å². The predicted octanol–water partition coefficient (Wildman–Crippen LogP) is 4.26. The lowest BCUT2D eigenvalue weighted by atomic mass is 10.1. The van der Waals surface area contributed by atoms with Gasteiger partial charge in [-0.25, -0.2) is 9.37 Å². The summed E-state index contributed by atoms with van der Waals surface area (Å²) in [6.45, 7) is 6.89. The number of halogens is 2. The van der Waals surface area contributed by atoms with Crippen LogP contribution < -0.4 is 15.8 Å². The number of pyridine rings is 1. The number of nitrogen functional groups attached to an aromatic ring is 1. The number of hydrogen-bond acceptors (Lipinski definition) is 5. The zero-order valence-corrected chi connectivity index (χ0v) is 20.3. The maximum atomic E-state index is 14.0. The van der Waals surface area contributed by atoms with E-state index in [9.17, 15) is 4.39 Å². The summed E-state index contributed by atoms with van der Waals surface area (Å²) in [5.41, 5.74) is 8.14. The second kappa shape index (κ2) is 9.11. The lowest BCUT2D eigenvalue weighted by molar-refractivity contribution is 0.223. The maximum absolute atomic E-state index is 14.0. The van der Waals surface area contributed by atoms with Gasteiger partial charge in [0.25, 0.3) is 0 Å². The molecule has 0 saturated carbocycles. The van der Waals surface area contributed by atoms with Gasteiger partial charge < -0.3 is 15.4 Å². The van der Waals surface area contributed by atoms with Gasteiger partial charge in [0.1, 0.15) is 11.9 Å². The monoisotopic (exact) mass is 463 g/mol. The summed E-state index contributed by atoms with van der Waals surface area (Å²) in [6.07, 6.45) is 4.93.